The summed E-state index contributed by atoms with van der Waals surface area (Å²) in [6.45, 7) is 3.11. The average Bonchev–Trinajstić information content (AvgIpc) is 2.35. The molecule has 4 nitrogen and oxygen atoms in total. The molecule has 0 saturated heterocycles. The zero-order chi connectivity index (χ0) is 13.4. The Morgan fingerprint density at radius 3 is 2.33 bits per heavy atom. The fourth-order valence-electron chi connectivity index (χ4n) is 2.60. The number of hydrogen-bond donors (Lipinski definition) is 2. The quantitative estimate of drug-likeness (QED) is 0.665. The highest BCUT2D eigenvalue weighted by Crippen LogP contribution is 2.26. The topological polar surface area (TPSA) is 58.2 Å². The third-order valence-electron chi connectivity index (χ3n) is 3.86. The standard InChI is InChI=1S/C13H28N2O2S/c1-3-12-6-8-13(9-7-12)15-18(16,17)11-5-4-10-14-2/h12-15H,3-11H2,1-2H3. The van der Waals surface area contributed by atoms with Crippen LogP contribution < -0.4 is 10.0 Å². The first-order valence-electron chi connectivity index (χ1n) is 7.22. The summed E-state index contributed by atoms with van der Waals surface area (Å²) in [5.41, 5.74) is 0. The Balaban J connectivity index is 2.24. The lowest BCUT2D eigenvalue weighted by Crippen LogP contribution is -2.38. The van der Waals surface area contributed by atoms with E-state index < -0.39 is 10.0 Å². The van der Waals surface area contributed by atoms with E-state index in [2.05, 4.69) is 17.0 Å². The molecular formula is C13H28N2O2S. The van der Waals surface area contributed by atoms with Crippen molar-refractivity contribution in [2.75, 3.05) is 19.3 Å². The first kappa shape index (κ1) is 15.9. The maximum absolute atomic E-state index is 11.9. The van der Waals surface area contributed by atoms with Crippen LogP contribution in [0.4, 0.5) is 0 Å². The second-order valence-corrected chi connectivity index (χ2v) is 7.25. The minimum absolute atomic E-state index is 0.183. The van der Waals surface area contributed by atoms with Gasteiger partial charge in [-0.15, -0.1) is 0 Å². The number of unbranched alkanes of at least 4 members (excludes halogenated alkanes) is 1. The van der Waals surface area contributed by atoms with Crippen LogP contribution in [-0.4, -0.2) is 33.8 Å². The van der Waals surface area contributed by atoms with Gasteiger partial charge in [-0.05, 0) is 58.0 Å². The van der Waals surface area contributed by atoms with Crippen molar-refractivity contribution in [3.05, 3.63) is 0 Å². The van der Waals surface area contributed by atoms with Gasteiger partial charge >= 0.3 is 0 Å². The second kappa shape index (κ2) is 8.12. The van der Waals surface area contributed by atoms with E-state index in [9.17, 15) is 8.42 Å². The molecule has 1 rings (SSSR count). The Morgan fingerprint density at radius 1 is 1.11 bits per heavy atom. The normalized spacial score (nSPS) is 25.2. The van der Waals surface area contributed by atoms with Crippen LogP contribution in [0.2, 0.25) is 0 Å². The molecule has 108 valence electrons. The fraction of sp³-hybridized carbons (Fsp3) is 1.00. The summed E-state index contributed by atoms with van der Waals surface area (Å²) in [6.07, 6.45) is 7.24. The molecule has 1 saturated carbocycles. The van der Waals surface area contributed by atoms with E-state index in [1.54, 1.807) is 0 Å². The summed E-state index contributed by atoms with van der Waals surface area (Å²) in [5, 5.41) is 3.03. The Kier molecular flexibility index (Phi) is 7.19. The van der Waals surface area contributed by atoms with Crippen LogP contribution >= 0.6 is 0 Å². The monoisotopic (exact) mass is 276 g/mol. The highest BCUT2D eigenvalue weighted by Gasteiger charge is 2.23. The highest BCUT2D eigenvalue weighted by atomic mass is 32.2. The molecule has 0 aromatic rings. The molecule has 0 unspecified atom stereocenters. The lowest BCUT2D eigenvalue weighted by molar-refractivity contribution is 0.306. The van der Waals surface area contributed by atoms with Gasteiger partial charge in [0, 0.05) is 6.04 Å². The number of rotatable bonds is 8. The van der Waals surface area contributed by atoms with Gasteiger partial charge in [0.25, 0.3) is 0 Å². The zero-order valence-electron chi connectivity index (χ0n) is 11.7. The molecule has 0 aromatic heterocycles. The van der Waals surface area contributed by atoms with Crippen molar-refractivity contribution in [3.63, 3.8) is 0 Å². The van der Waals surface area contributed by atoms with Gasteiger partial charge in [0.05, 0.1) is 5.75 Å². The predicted molar refractivity (Wildman–Crippen MR) is 76.1 cm³/mol. The molecule has 5 heteroatoms. The maximum Gasteiger partial charge on any atom is 0.211 e. The Bertz CT molecular complexity index is 309. The fourth-order valence-corrected chi connectivity index (χ4v) is 4.04. The van der Waals surface area contributed by atoms with Gasteiger partial charge in [0.15, 0.2) is 0 Å². The molecule has 0 spiro atoms. The highest BCUT2D eigenvalue weighted by molar-refractivity contribution is 7.89. The predicted octanol–water partition coefficient (Wildman–Crippen LogP) is 1.87. The van der Waals surface area contributed by atoms with Crippen LogP contribution in [0.1, 0.15) is 51.9 Å². The van der Waals surface area contributed by atoms with Gasteiger partial charge in [-0.3, -0.25) is 0 Å². The molecule has 2 N–H and O–H groups in total. The SMILES string of the molecule is CCC1CCC(NS(=O)(=O)CCCCNC)CC1. The van der Waals surface area contributed by atoms with E-state index in [0.29, 0.717) is 0 Å². The van der Waals surface area contributed by atoms with Crippen LogP contribution in [0, 0.1) is 5.92 Å². The molecule has 0 bridgehead atoms. The molecule has 1 fully saturated rings. The molecule has 0 heterocycles. The van der Waals surface area contributed by atoms with Gasteiger partial charge in [-0.1, -0.05) is 13.3 Å². The number of hydrogen-bond acceptors (Lipinski definition) is 3. The largest absolute Gasteiger partial charge is 0.320 e. The third kappa shape index (κ3) is 6.16. The van der Waals surface area contributed by atoms with E-state index in [4.69, 9.17) is 0 Å². The molecule has 0 amide bonds. The first-order valence-corrected chi connectivity index (χ1v) is 8.87. The van der Waals surface area contributed by atoms with Crippen molar-refractivity contribution < 1.29 is 8.42 Å². The lowest BCUT2D eigenvalue weighted by Gasteiger charge is -2.28. The minimum atomic E-state index is -3.06. The van der Waals surface area contributed by atoms with Crippen molar-refractivity contribution in [1.29, 1.82) is 0 Å². The van der Waals surface area contributed by atoms with Gasteiger partial charge in [-0.25, -0.2) is 13.1 Å². The summed E-state index contributed by atoms with van der Waals surface area (Å²) < 4.78 is 26.6. The van der Waals surface area contributed by atoms with E-state index in [-0.39, 0.29) is 11.8 Å². The van der Waals surface area contributed by atoms with Crippen LogP contribution in [0.3, 0.4) is 0 Å². The van der Waals surface area contributed by atoms with Gasteiger partial charge in [0.2, 0.25) is 10.0 Å². The summed E-state index contributed by atoms with van der Waals surface area (Å²) >= 11 is 0. The van der Waals surface area contributed by atoms with Crippen LogP contribution in [-0.2, 0) is 10.0 Å². The molecule has 18 heavy (non-hydrogen) atoms. The smallest absolute Gasteiger partial charge is 0.211 e. The molecule has 0 atom stereocenters. The van der Waals surface area contributed by atoms with E-state index in [0.717, 1.165) is 38.1 Å². The van der Waals surface area contributed by atoms with E-state index in [1.165, 1.54) is 19.3 Å². The first-order chi connectivity index (χ1) is 8.57. The summed E-state index contributed by atoms with van der Waals surface area (Å²) in [6, 6.07) is 0.183. The van der Waals surface area contributed by atoms with Gasteiger partial charge in [0.1, 0.15) is 0 Å². The van der Waals surface area contributed by atoms with Crippen molar-refractivity contribution in [3.8, 4) is 0 Å². The van der Waals surface area contributed by atoms with Crippen LogP contribution in [0.5, 0.6) is 0 Å². The summed E-state index contributed by atoms with van der Waals surface area (Å²) in [7, 11) is -1.18. The van der Waals surface area contributed by atoms with Crippen molar-refractivity contribution in [2.45, 2.75) is 57.9 Å². The molecule has 0 radical (unpaired) electrons. The van der Waals surface area contributed by atoms with Crippen LogP contribution in [0.25, 0.3) is 0 Å². The molecule has 1 aliphatic carbocycles. The Morgan fingerprint density at radius 2 is 1.78 bits per heavy atom. The van der Waals surface area contributed by atoms with Crippen molar-refractivity contribution in [2.24, 2.45) is 5.92 Å². The van der Waals surface area contributed by atoms with E-state index in [1.807, 2.05) is 7.05 Å². The summed E-state index contributed by atoms with van der Waals surface area (Å²) in [5.74, 6) is 1.07. The maximum atomic E-state index is 11.9. The van der Waals surface area contributed by atoms with Crippen molar-refractivity contribution in [1.82, 2.24) is 10.0 Å². The lowest BCUT2D eigenvalue weighted by atomic mass is 9.85. The zero-order valence-corrected chi connectivity index (χ0v) is 12.6. The van der Waals surface area contributed by atoms with Gasteiger partial charge in [-0.2, -0.15) is 0 Å². The van der Waals surface area contributed by atoms with Crippen LogP contribution in [0.15, 0.2) is 0 Å². The third-order valence-corrected chi connectivity index (χ3v) is 5.38. The second-order valence-electron chi connectivity index (χ2n) is 5.37. The van der Waals surface area contributed by atoms with Crippen molar-refractivity contribution >= 4 is 10.0 Å². The number of nitrogens with one attached hydrogen (secondary N) is 2. The minimum Gasteiger partial charge on any atom is -0.320 e. The summed E-state index contributed by atoms with van der Waals surface area (Å²) in [4.78, 5) is 0. The number of sulfonamides is 1. The average molecular weight is 276 g/mol. The Hall–Kier alpha value is -0.130. The van der Waals surface area contributed by atoms with E-state index >= 15 is 0 Å². The van der Waals surface area contributed by atoms with Gasteiger partial charge < -0.3 is 5.32 Å². The molecule has 0 aliphatic heterocycles. The molecule has 0 aromatic carbocycles. The molecular weight excluding hydrogens is 248 g/mol. The molecule has 1 aliphatic rings. The Labute approximate surface area is 112 Å².